The number of alkyl halides is 1. The van der Waals surface area contributed by atoms with Gasteiger partial charge in [0.05, 0.1) is 6.04 Å². The maximum atomic E-state index is 12.0. The summed E-state index contributed by atoms with van der Waals surface area (Å²) in [6.07, 6.45) is 5.47. The standard InChI is InChI=1S/C12H18ClNO2/c1-9(8-13)14-10(15)6-12(7-11(14)16)4-2-3-5-12/h9H,2-8H2,1H3. The van der Waals surface area contributed by atoms with E-state index in [4.69, 9.17) is 11.6 Å². The third kappa shape index (κ3) is 1.97. The van der Waals surface area contributed by atoms with E-state index in [1.165, 1.54) is 4.90 Å². The van der Waals surface area contributed by atoms with E-state index in [0.717, 1.165) is 25.7 Å². The van der Waals surface area contributed by atoms with Crippen LogP contribution >= 0.6 is 11.6 Å². The summed E-state index contributed by atoms with van der Waals surface area (Å²) in [5.74, 6) is 0.280. The Kier molecular flexibility index (Phi) is 3.24. The number of carbonyl (C=O) groups is 2. The fourth-order valence-corrected chi connectivity index (χ4v) is 3.19. The predicted octanol–water partition coefficient (Wildman–Crippen LogP) is 2.32. The molecule has 90 valence electrons. The van der Waals surface area contributed by atoms with Crippen LogP contribution in [0.2, 0.25) is 0 Å². The minimum Gasteiger partial charge on any atom is -0.279 e. The Bertz CT molecular complexity index is 290. The summed E-state index contributed by atoms with van der Waals surface area (Å²) in [4.78, 5) is 25.4. The molecule has 0 aromatic heterocycles. The van der Waals surface area contributed by atoms with Crippen molar-refractivity contribution in [3.05, 3.63) is 0 Å². The van der Waals surface area contributed by atoms with Crippen LogP contribution in [0.15, 0.2) is 0 Å². The number of likely N-dealkylation sites (tertiary alicyclic amines) is 1. The molecule has 4 heteroatoms. The number of amides is 2. The molecular weight excluding hydrogens is 226 g/mol. The molecule has 1 saturated carbocycles. The number of hydrogen-bond donors (Lipinski definition) is 0. The number of rotatable bonds is 2. The Balaban J connectivity index is 2.13. The molecule has 0 aromatic rings. The van der Waals surface area contributed by atoms with Crippen LogP contribution in [0.5, 0.6) is 0 Å². The second kappa shape index (κ2) is 4.36. The van der Waals surface area contributed by atoms with Gasteiger partial charge in [-0.3, -0.25) is 14.5 Å². The lowest BCUT2D eigenvalue weighted by molar-refractivity contribution is -0.155. The van der Waals surface area contributed by atoms with Crippen LogP contribution in [0.4, 0.5) is 0 Å². The quantitative estimate of drug-likeness (QED) is 0.551. The number of hydrogen-bond acceptors (Lipinski definition) is 2. The maximum absolute atomic E-state index is 12.0. The first kappa shape index (κ1) is 11.9. The zero-order valence-corrected chi connectivity index (χ0v) is 10.4. The smallest absolute Gasteiger partial charge is 0.230 e. The highest BCUT2D eigenvalue weighted by molar-refractivity contribution is 6.18. The van der Waals surface area contributed by atoms with Gasteiger partial charge in [0.1, 0.15) is 0 Å². The van der Waals surface area contributed by atoms with Crippen molar-refractivity contribution in [2.24, 2.45) is 5.41 Å². The lowest BCUT2D eigenvalue weighted by Crippen LogP contribution is -2.51. The molecule has 2 aliphatic rings. The third-order valence-corrected chi connectivity index (χ3v) is 4.36. The SMILES string of the molecule is CC(CCl)N1C(=O)CC2(CCCC2)CC1=O. The number of imide groups is 1. The van der Waals surface area contributed by atoms with Crippen LogP contribution in [-0.2, 0) is 9.59 Å². The Hall–Kier alpha value is -0.570. The molecule has 2 amide bonds. The van der Waals surface area contributed by atoms with Gasteiger partial charge in [0.15, 0.2) is 0 Å². The Morgan fingerprint density at radius 3 is 2.19 bits per heavy atom. The van der Waals surface area contributed by atoms with Gasteiger partial charge in [0, 0.05) is 18.7 Å². The van der Waals surface area contributed by atoms with Crippen LogP contribution in [0.3, 0.4) is 0 Å². The molecule has 1 aliphatic heterocycles. The summed E-state index contributed by atoms with van der Waals surface area (Å²) >= 11 is 5.72. The summed E-state index contributed by atoms with van der Waals surface area (Å²) < 4.78 is 0. The van der Waals surface area contributed by atoms with Crippen molar-refractivity contribution in [3.8, 4) is 0 Å². The molecule has 2 fully saturated rings. The minimum atomic E-state index is -0.166. The van der Waals surface area contributed by atoms with Crippen LogP contribution in [0, 0.1) is 5.41 Å². The summed E-state index contributed by atoms with van der Waals surface area (Å²) in [6, 6.07) is -0.166. The summed E-state index contributed by atoms with van der Waals surface area (Å²) in [5.41, 5.74) is -0.00327. The van der Waals surface area contributed by atoms with Gasteiger partial charge in [-0.15, -0.1) is 11.6 Å². The second-order valence-corrected chi connectivity index (χ2v) is 5.53. The molecule has 16 heavy (non-hydrogen) atoms. The zero-order chi connectivity index (χ0) is 11.8. The third-order valence-electron chi connectivity index (χ3n) is 3.92. The lowest BCUT2D eigenvalue weighted by Gasteiger charge is -2.39. The molecule has 1 saturated heterocycles. The summed E-state index contributed by atoms with van der Waals surface area (Å²) in [6.45, 7) is 1.83. The Morgan fingerprint density at radius 2 is 1.75 bits per heavy atom. The molecular formula is C12H18ClNO2. The van der Waals surface area contributed by atoms with E-state index in [2.05, 4.69) is 0 Å². The fraction of sp³-hybridized carbons (Fsp3) is 0.833. The van der Waals surface area contributed by atoms with Crippen molar-refractivity contribution in [3.63, 3.8) is 0 Å². The van der Waals surface area contributed by atoms with Crippen LogP contribution in [0.1, 0.15) is 45.4 Å². The number of carbonyl (C=O) groups excluding carboxylic acids is 2. The largest absolute Gasteiger partial charge is 0.279 e. The van der Waals surface area contributed by atoms with Crippen molar-refractivity contribution in [1.82, 2.24) is 4.90 Å². The van der Waals surface area contributed by atoms with Crippen molar-refractivity contribution in [2.75, 3.05) is 5.88 Å². The molecule has 1 spiro atoms. The summed E-state index contributed by atoms with van der Waals surface area (Å²) in [7, 11) is 0. The Morgan fingerprint density at radius 1 is 1.25 bits per heavy atom. The first-order chi connectivity index (χ1) is 7.58. The van der Waals surface area contributed by atoms with Gasteiger partial charge in [0.25, 0.3) is 0 Å². The first-order valence-corrected chi connectivity index (χ1v) is 6.52. The normalized spacial score (nSPS) is 26.5. The van der Waals surface area contributed by atoms with E-state index < -0.39 is 0 Å². The molecule has 1 aliphatic carbocycles. The number of nitrogens with zero attached hydrogens (tertiary/aromatic N) is 1. The van der Waals surface area contributed by atoms with Crippen LogP contribution in [0.25, 0.3) is 0 Å². The van der Waals surface area contributed by atoms with Gasteiger partial charge < -0.3 is 0 Å². The first-order valence-electron chi connectivity index (χ1n) is 5.99. The highest BCUT2D eigenvalue weighted by Gasteiger charge is 2.45. The van der Waals surface area contributed by atoms with Crippen molar-refractivity contribution in [1.29, 1.82) is 0 Å². The highest BCUT2D eigenvalue weighted by Crippen LogP contribution is 2.47. The van der Waals surface area contributed by atoms with Crippen molar-refractivity contribution >= 4 is 23.4 Å². The summed E-state index contributed by atoms with van der Waals surface area (Å²) in [5, 5.41) is 0. The molecule has 1 unspecified atom stereocenters. The molecule has 0 N–H and O–H groups in total. The lowest BCUT2D eigenvalue weighted by atomic mass is 9.76. The number of piperidine rings is 1. The van der Waals surface area contributed by atoms with E-state index in [9.17, 15) is 9.59 Å². The monoisotopic (exact) mass is 243 g/mol. The molecule has 0 radical (unpaired) electrons. The minimum absolute atomic E-state index is 0.00327. The highest BCUT2D eigenvalue weighted by atomic mass is 35.5. The van der Waals surface area contributed by atoms with Gasteiger partial charge in [-0.2, -0.15) is 0 Å². The van der Waals surface area contributed by atoms with Crippen LogP contribution in [-0.4, -0.2) is 28.6 Å². The Labute approximate surface area is 101 Å². The van der Waals surface area contributed by atoms with Crippen molar-refractivity contribution in [2.45, 2.75) is 51.5 Å². The molecule has 1 atom stereocenters. The molecule has 2 rings (SSSR count). The maximum Gasteiger partial charge on any atom is 0.230 e. The molecule has 0 bridgehead atoms. The predicted molar refractivity (Wildman–Crippen MR) is 62.2 cm³/mol. The molecule has 3 nitrogen and oxygen atoms in total. The van der Waals surface area contributed by atoms with Gasteiger partial charge in [0.2, 0.25) is 11.8 Å². The molecule has 0 aromatic carbocycles. The van der Waals surface area contributed by atoms with E-state index >= 15 is 0 Å². The zero-order valence-electron chi connectivity index (χ0n) is 9.67. The van der Waals surface area contributed by atoms with Gasteiger partial charge in [-0.1, -0.05) is 12.8 Å². The van der Waals surface area contributed by atoms with Crippen LogP contribution < -0.4 is 0 Å². The second-order valence-electron chi connectivity index (χ2n) is 5.22. The van der Waals surface area contributed by atoms with Crippen molar-refractivity contribution < 1.29 is 9.59 Å². The van der Waals surface area contributed by atoms with E-state index in [1.807, 2.05) is 6.92 Å². The van der Waals surface area contributed by atoms with Gasteiger partial charge >= 0.3 is 0 Å². The fourth-order valence-electron chi connectivity index (χ4n) is 3.05. The topological polar surface area (TPSA) is 37.4 Å². The average Bonchev–Trinajstić information content (AvgIpc) is 2.64. The van der Waals surface area contributed by atoms with E-state index in [0.29, 0.717) is 18.7 Å². The van der Waals surface area contributed by atoms with E-state index in [-0.39, 0.29) is 23.3 Å². The average molecular weight is 244 g/mol. The van der Waals surface area contributed by atoms with Gasteiger partial charge in [-0.05, 0) is 25.2 Å². The van der Waals surface area contributed by atoms with E-state index in [1.54, 1.807) is 0 Å². The number of halogens is 1. The molecule has 1 heterocycles. The van der Waals surface area contributed by atoms with Gasteiger partial charge in [-0.25, -0.2) is 0 Å².